The second-order valence-corrected chi connectivity index (χ2v) is 27.5. The van der Waals surface area contributed by atoms with Crippen molar-refractivity contribution in [3.8, 4) is 56.3 Å². The van der Waals surface area contributed by atoms with E-state index in [0.29, 0.717) is 23.8 Å². The minimum absolute atomic E-state index is 0.0876. The van der Waals surface area contributed by atoms with Crippen molar-refractivity contribution in [3.05, 3.63) is 346 Å². The van der Waals surface area contributed by atoms with Gasteiger partial charge in [-0.15, -0.1) is 0 Å². The molecule has 0 saturated carbocycles. The fraction of sp³-hybridized carbons (Fsp3) is 0.179. The van der Waals surface area contributed by atoms with Gasteiger partial charge in [-0.25, -0.2) is 18.7 Å². The number of nitrogens with one attached hydrogen (secondary N) is 5. The average molecular weight is 1550 g/mol. The molecule has 5 heterocycles. The number of ether oxygens (including phenoxy) is 2. The van der Waals surface area contributed by atoms with Crippen molar-refractivity contribution in [2.24, 2.45) is 5.73 Å². The Morgan fingerprint density at radius 1 is 0.467 bits per heavy atom. The standard InChI is InChI=1S/2C19H14ClFN2O2.C17H21NO.C12H12N2O.C9H12BrNO.C8H11BO2/c2*20-18-15(2-1-3-16(18)21)19(25)23-11-12-4-6-13(7-5-12)14-8-9-22-17(24)10-14;1-5-13-6-8-14(9-7-13)15-10-11-18-16(12-15)19-17(2,3)4;13-8-9-1-3-10(4-2-9)11-5-6-14-12(15)7-11;1-9(2,3)12-8-6-7(10)4-5-11-8;1-2-7-3-5-8(6-4-7)9(10)11/h2*1-10H,11H2,(H,22,24)(H,23,25);6-12H,5H2,1-4H3;1-7H,8,13H2,(H,14,15);4-6H,1-3H3;3-6,10-11H,2H2,1H3. The summed E-state index contributed by atoms with van der Waals surface area (Å²) in [6, 6.07) is 64.7. The summed E-state index contributed by atoms with van der Waals surface area (Å²) >= 11 is 15.0. The van der Waals surface area contributed by atoms with Gasteiger partial charge in [0.05, 0.1) is 21.2 Å². The largest absolute Gasteiger partial charge is 0.488 e. The molecule has 23 heteroatoms. The Hall–Kier alpha value is -10.9. The summed E-state index contributed by atoms with van der Waals surface area (Å²) in [5.41, 5.74) is 18.5. The Kier molecular flexibility index (Phi) is 32.0. The molecule has 0 radical (unpaired) electrons. The lowest BCUT2D eigenvalue weighted by Crippen LogP contribution is -2.29. The molecule has 7 aromatic carbocycles. The predicted octanol–water partition coefficient (Wildman–Crippen LogP) is 16.5. The number of aromatic nitrogens is 5. The molecule has 552 valence electrons. The molecule has 0 atom stereocenters. The number of halogens is 5. The number of aryl methyl sites for hydroxylation is 2. The minimum Gasteiger partial charge on any atom is -0.472 e. The van der Waals surface area contributed by atoms with Gasteiger partial charge in [0.25, 0.3) is 11.8 Å². The molecule has 12 rings (SSSR count). The smallest absolute Gasteiger partial charge is 0.472 e. The monoisotopic (exact) mass is 1550 g/mol. The van der Waals surface area contributed by atoms with E-state index in [1.54, 1.807) is 49.2 Å². The number of carbonyl (C=O) groups excluding carboxylic acids is 2. The quantitative estimate of drug-likeness (QED) is 0.0420. The zero-order valence-corrected chi connectivity index (χ0v) is 63.5. The molecule has 0 bridgehead atoms. The molecule has 0 aliphatic rings. The molecular weight excluding hydrogens is 1460 g/mol. The van der Waals surface area contributed by atoms with E-state index < -0.39 is 30.6 Å². The van der Waals surface area contributed by atoms with Crippen LogP contribution in [0.25, 0.3) is 44.5 Å². The summed E-state index contributed by atoms with van der Waals surface area (Å²) in [5, 5.41) is 22.5. The van der Waals surface area contributed by atoms with E-state index in [2.05, 4.69) is 89.6 Å². The summed E-state index contributed by atoms with van der Waals surface area (Å²) in [5.74, 6) is -0.819. The molecule has 107 heavy (non-hydrogen) atoms. The van der Waals surface area contributed by atoms with Crippen molar-refractivity contribution < 1.29 is 37.9 Å². The zero-order valence-electron chi connectivity index (χ0n) is 60.4. The third-order valence-electron chi connectivity index (χ3n) is 15.4. The highest BCUT2D eigenvalue weighted by molar-refractivity contribution is 9.10. The molecule has 12 aromatic rings. The lowest BCUT2D eigenvalue weighted by molar-refractivity contribution is 0.0942. The highest BCUT2D eigenvalue weighted by Crippen LogP contribution is 2.27. The van der Waals surface area contributed by atoms with Gasteiger partial charge in [-0.2, -0.15) is 0 Å². The first-order valence-corrected chi connectivity index (χ1v) is 35.6. The molecule has 5 aromatic heterocycles. The van der Waals surface area contributed by atoms with Gasteiger partial charge in [0.2, 0.25) is 28.4 Å². The fourth-order valence-corrected chi connectivity index (χ4v) is 10.6. The van der Waals surface area contributed by atoms with Gasteiger partial charge in [-0.1, -0.05) is 186 Å². The van der Waals surface area contributed by atoms with E-state index in [4.69, 9.17) is 48.5 Å². The van der Waals surface area contributed by atoms with Crippen molar-refractivity contribution in [1.82, 2.24) is 35.6 Å². The molecule has 0 unspecified atom stereocenters. The van der Waals surface area contributed by atoms with Crippen LogP contribution in [-0.2, 0) is 32.5 Å². The van der Waals surface area contributed by atoms with E-state index in [-0.39, 0.29) is 62.1 Å². The Bertz CT molecular complexity index is 4860. The van der Waals surface area contributed by atoms with Crippen molar-refractivity contribution in [1.29, 1.82) is 0 Å². The van der Waals surface area contributed by atoms with Crippen molar-refractivity contribution in [2.45, 2.75) is 99.1 Å². The Labute approximate surface area is 639 Å². The van der Waals surface area contributed by atoms with E-state index in [9.17, 15) is 32.8 Å². The number of benzene rings is 7. The van der Waals surface area contributed by atoms with Crippen LogP contribution in [0.1, 0.15) is 104 Å². The number of nitrogens with two attached hydrogens (primary N) is 1. The van der Waals surface area contributed by atoms with Gasteiger partial charge in [0.1, 0.15) is 22.8 Å². The third-order valence-corrected chi connectivity index (χ3v) is 16.6. The second-order valence-electron chi connectivity index (χ2n) is 25.8. The number of carbonyl (C=O) groups is 2. The van der Waals surface area contributed by atoms with Crippen LogP contribution in [0.2, 0.25) is 10.0 Å². The minimum atomic E-state index is -1.35. The van der Waals surface area contributed by atoms with Gasteiger partial charge >= 0.3 is 7.12 Å². The molecular formula is C84H84BBrCl2F2N8O9. The Balaban J connectivity index is 0.000000184. The number of hydrogen-bond acceptors (Lipinski definition) is 12. The van der Waals surface area contributed by atoms with Gasteiger partial charge in [0.15, 0.2) is 0 Å². The van der Waals surface area contributed by atoms with Gasteiger partial charge in [0, 0.05) is 85.4 Å². The van der Waals surface area contributed by atoms with E-state index in [1.165, 1.54) is 65.2 Å². The molecule has 9 N–H and O–H groups in total. The normalized spacial score (nSPS) is 10.6. The number of H-pyrrole nitrogens is 3. The maximum atomic E-state index is 13.4. The first-order valence-electron chi connectivity index (χ1n) is 34.1. The van der Waals surface area contributed by atoms with Crippen molar-refractivity contribution in [3.63, 3.8) is 0 Å². The van der Waals surface area contributed by atoms with Gasteiger partial charge in [-0.3, -0.25) is 24.0 Å². The van der Waals surface area contributed by atoms with Crippen LogP contribution in [0.4, 0.5) is 8.78 Å². The van der Waals surface area contributed by atoms with Crippen molar-refractivity contribution in [2.75, 3.05) is 0 Å². The van der Waals surface area contributed by atoms with Crippen LogP contribution >= 0.6 is 39.1 Å². The van der Waals surface area contributed by atoms with E-state index in [0.717, 1.165) is 72.9 Å². The van der Waals surface area contributed by atoms with Gasteiger partial charge < -0.3 is 50.8 Å². The van der Waals surface area contributed by atoms with Crippen molar-refractivity contribution >= 4 is 63.5 Å². The van der Waals surface area contributed by atoms with E-state index >= 15 is 0 Å². The molecule has 0 spiro atoms. The lowest BCUT2D eigenvalue weighted by atomic mass is 9.80. The van der Waals surface area contributed by atoms with Crippen LogP contribution in [0.15, 0.2) is 268 Å². The summed E-state index contributed by atoms with van der Waals surface area (Å²) in [6.07, 6.45) is 10.4. The topological polar surface area (TPSA) is 268 Å². The summed E-state index contributed by atoms with van der Waals surface area (Å²) in [7, 11) is -1.35. The second kappa shape index (κ2) is 41.1. The number of rotatable bonds is 16. The number of nitrogens with zero attached hydrogens (tertiary/aromatic N) is 2. The predicted molar refractivity (Wildman–Crippen MR) is 428 cm³/mol. The highest BCUT2D eigenvalue weighted by atomic mass is 79.9. The molecule has 2 amide bonds. The van der Waals surface area contributed by atoms with E-state index in [1.807, 2.05) is 169 Å². The van der Waals surface area contributed by atoms with Crippen LogP contribution in [0, 0.1) is 11.6 Å². The highest BCUT2D eigenvalue weighted by Gasteiger charge is 2.17. The summed E-state index contributed by atoms with van der Waals surface area (Å²) in [6.45, 7) is 17.4. The first kappa shape index (κ1) is 83.4. The molecule has 0 aliphatic carbocycles. The van der Waals surface area contributed by atoms with Crippen LogP contribution < -0.4 is 48.0 Å². The molecule has 0 saturated heterocycles. The fourth-order valence-electron chi connectivity index (χ4n) is 9.82. The number of aromatic amines is 3. The third kappa shape index (κ3) is 28.2. The van der Waals surface area contributed by atoms with Crippen LogP contribution in [0.5, 0.6) is 11.8 Å². The Morgan fingerprint density at radius 3 is 1.14 bits per heavy atom. The summed E-state index contributed by atoms with van der Waals surface area (Å²) < 4.78 is 39.1. The molecule has 17 nitrogen and oxygen atoms in total. The first-order chi connectivity index (χ1) is 51.1. The van der Waals surface area contributed by atoms with Gasteiger partial charge in [-0.05, 0) is 187 Å². The maximum absolute atomic E-state index is 13.4. The van der Waals surface area contributed by atoms with Crippen LogP contribution in [-0.4, -0.2) is 65.1 Å². The number of amides is 2. The maximum Gasteiger partial charge on any atom is 0.488 e. The molecule has 0 fully saturated rings. The Morgan fingerprint density at radius 2 is 0.804 bits per heavy atom. The number of hydrogen-bond donors (Lipinski definition) is 8. The zero-order chi connectivity index (χ0) is 77.6. The van der Waals surface area contributed by atoms with Crippen LogP contribution in [0.3, 0.4) is 0 Å². The number of pyridine rings is 5. The average Bonchev–Trinajstić information content (AvgIpc) is 0.848. The lowest BCUT2D eigenvalue weighted by Gasteiger charge is -2.20. The SMILES string of the molecule is CC(C)(C)Oc1cc(Br)ccn1.CCc1ccc(-c2ccnc(OC(C)(C)C)c2)cc1.CCc1ccc(B(O)O)cc1.NCc1ccc(-c2cc[nH]c(=O)c2)cc1.O=C(NCc1ccc(-c2cc[nH]c(=O)c2)cc1)c1cccc(F)c1Cl.O=C(NCc1ccc(-c2cc[nH]c(=O)c2)cc1)c1cccc(F)c1Cl. The molecule has 0 aliphatic heterocycles. The summed E-state index contributed by atoms with van der Waals surface area (Å²) in [4.78, 5) is 74.1.